The summed E-state index contributed by atoms with van der Waals surface area (Å²) in [6.45, 7) is 3.86. The number of carbonyl (C=O) groups is 2. The van der Waals surface area contributed by atoms with Gasteiger partial charge in [-0.25, -0.2) is 4.68 Å². The Balaban J connectivity index is 1.51. The molecule has 0 radical (unpaired) electrons. The molecule has 6 heteroatoms. The Morgan fingerprint density at radius 2 is 1.61 bits per heavy atom. The molecule has 0 fully saturated rings. The van der Waals surface area contributed by atoms with Crippen LogP contribution in [0.5, 0.6) is 0 Å². The van der Waals surface area contributed by atoms with Crippen molar-refractivity contribution in [2.45, 2.75) is 19.9 Å². The van der Waals surface area contributed by atoms with Crippen molar-refractivity contribution in [3.05, 3.63) is 114 Å². The average Bonchev–Trinajstić information content (AvgIpc) is 3.25. The Hall–Kier alpha value is -4.19. The van der Waals surface area contributed by atoms with Crippen molar-refractivity contribution >= 4 is 17.5 Å². The Morgan fingerprint density at radius 3 is 2.30 bits per heavy atom. The summed E-state index contributed by atoms with van der Waals surface area (Å²) in [5.41, 5.74) is 4.45. The number of hydrogen-bond acceptors (Lipinski definition) is 3. The molecule has 6 nitrogen and oxygen atoms in total. The Kier molecular flexibility index (Phi) is 6.36. The normalized spacial score (nSPS) is 11.6. The topological polar surface area (TPSA) is 67.2 Å². The van der Waals surface area contributed by atoms with Gasteiger partial charge < -0.3 is 10.2 Å². The summed E-state index contributed by atoms with van der Waals surface area (Å²) in [6.07, 6.45) is 1.62. The maximum absolute atomic E-state index is 13.3. The van der Waals surface area contributed by atoms with Crippen LogP contribution in [0.15, 0.2) is 91.1 Å². The molecule has 1 N–H and O–H groups in total. The molecule has 0 aliphatic carbocycles. The third-order valence-corrected chi connectivity index (χ3v) is 5.81. The van der Waals surface area contributed by atoms with Crippen LogP contribution in [0.25, 0.3) is 5.69 Å². The standard InChI is InChI=1S/C27H26N4O2/c1-19(22-13-10-14-23(17-22)29-26(32)21-11-6-4-7-12-21)30(3)27(33)25-18-28-31(20(25)2)24-15-8-5-9-16-24/h4-19H,1-3H3,(H,29,32). The van der Waals surface area contributed by atoms with Gasteiger partial charge in [0.25, 0.3) is 11.8 Å². The van der Waals surface area contributed by atoms with E-state index in [1.54, 1.807) is 35.0 Å². The summed E-state index contributed by atoms with van der Waals surface area (Å²) >= 11 is 0. The lowest BCUT2D eigenvalue weighted by molar-refractivity contribution is 0.0741. The van der Waals surface area contributed by atoms with Crippen LogP contribution in [0.1, 0.15) is 44.9 Å². The van der Waals surface area contributed by atoms with Crippen LogP contribution in [-0.4, -0.2) is 33.5 Å². The van der Waals surface area contributed by atoms with Crippen molar-refractivity contribution in [3.63, 3.8) is 0 Å². The fraction of sp³-hybridized carbons (Fsp3) is 0.148. The zero-order valence-corrected chi connectivity index (χ0v) is 18.9. The molecule has 0 aliphatic heterocycles. The van der Waals surface area contributed by atoms with Gasteiger partial charge in [-0.3, -0.25) is 9.59 Å². The number of para-hydroxylation sites is 1. The van der Waals surface area contributed by atoms with Crippen molar-refractivity contribution in [1.29, 1.82) is 0 Å². The number of anilines is 1. The van der Waals surface area contributed by atoms with Gasteiger partial charge in [0.05, 0.1) is 29.2 Å². The van der Waals surface area contributed by atoms with E-state index in [9.17, 15) is 9.59 Å². The van der Waals surface area contributed by atoms with Gasteiger partial charge in [0.1, 0.15) is 0 Å². The molecular weight excluding hydrogens is 412 g/mol. The first-order valence-electron chi connectivity index (χ1n) is 10.8. The largest absolute Gasteiger partial charge is 0.335 e. The zero-order chi connectivity index (χ0) is 23.4. The van der Waals surface area contributed by atoms with Gasteiger partial charge in [0.2, 0.25) is 0 Å². The van der Waals surface area contributed by atoms with Crippen LogP contribution in [0.4, 0.5) is 5.69 Å². The van der Waals surface area contributed by atoms with Gasteiger partial charge in [0, 0.05) is 18.3 Å². The Labute approximate surface area is 193 Å². The highest BCUT2D eigenvalue weighted by Crippen LogP contribution is 2.25. The second kappa shape index (κ2) is 9.53. The summed E-state index contributed by atoms with van der Waals surface area (Å²) in [7, 11) is 1.78. The number of rotatable bonds is 6. The van der Waals surface area contributed by atoms with Crippen LogP contribution in [-0.2, 0) is 0 Å². The summed E-state index contributed by atoms with van der Waals surface area (Å²) in [6, 6.07) is 26.2. The predicted molar refractivity (Wildman–Crippen MR) is 130 cm³/mol. The third kappa shape index (κ3) is 4.70. The molecule has 4 aromatic rings. The van der Waals surface area contributed by atoms with E-state index in [2.05, 4.69) is 10.4 Å². The van der Waals surface area contributed by atoms with E-state index in [-0.39, 0.29) is 17.9 Å². The van der Waals surface area contributed by atoms with E-state index in [1.165, 1.54) is 0 Å². The van der Waals surface area contributed by atoms with Crippen molar-refractivity contribution in [2.75, 3.05) is 12.4 Å². The lowest BCUT2D eigenvalue weighted by Gasteiger charge is -2.25. The molecule has 166 valence electrons. The van der Waals surface area contributed by atoms with Crippen LogP contribution >= 0.6 is 0 Å². The molecule has 3 aromatic carbocycles. The van der Waals surface area contributed by atoms with E-state index in [1.807, 2.05) is 86.6 Å². The van der Waals surface area contributed by atoms with Crippen LogP contribution in [0.3, 0.4) is 0 Å². The van der Waals surface area contributed by atoms with Crippen molar-refractivity contribution in [1.82, 2.24) is 14.7 Å². The smallest absolute Gasteiger partial charge is 0.257 e. The number of nitrogens with one attached hydrogen (secondary N) is 1. The number of hydrogen-bond donors (Lipinski definition) is 1. The molecule has 1 aromatic heterocycles. The van der Waals surface area contributed by atoms with Crippen LogP contribution in [0.2, 0.25) is 0 Å². The summed E-state index contributed by atoms with van der Waals surface area (Å²) in [5, 5.41) is 7.35. The average molecular weight is 439 g/mol. The molecular formula is C27H26N4O2. The monoisotopic (exact) mass is 438 g/mol. The predicted octanol–water partition coefficient (Wildman–Crippen LogP) is 5.27. The van der Waals surface area contributed by atoms with E-state index >= 15 is 0 Å². The molecule has 33 heavy (non-hydrogen) atoms. The second-order valence-electron chi connectivity index (χ2n) is 7.93. The van der Waals surface area contributed by atoms with Gasteiger partial charge in [-0.2, -0.15) is 5.10 Å². The number of aromatic nitrogens is 2. The lowest BCUT2D eigenvalue weighted by atomic mass is 10.1. The molecule has 0 aliphatic rings. The van der Waals surface area contributed by atoms with Crippen molar-refractivity contribution < 1.29 is 9.59 Å². The highest BCUT2D eigenvalue weighted by atomic mass is 16.2. The first-order valence-corrected chi connectivity index (χ1v) is 10.8. The molecule has 4 rings (SSSR count). The fourth-order valence-corrected chi connectivity index (χ4v) is 3.71. The Bertz CT molecular complexity index is 1270. The fourth-order valence-electron chi connectivity index (χ4n) is 3.71. The van der Waals surface area contributed by atoms with Crippen LogP contribution in [0, 0.1) is 6.92 Å². The first kappa shape index (κ1) is 22.0. The molecule has 2 amide bonds. The minimum Gasteiger partial charge on any atom is -0.335 e. The minimum absolute atomic E-state index is 0.110. The number of nitrogens with zero attached hydrogens (tertiary/aromatic N) is 3. The number of carbonyl (C=O) groups excluding carboxylic acids is 2. The van der Waals surface area contributed by atoms with Gasteiger partial charge in [0.15, 0.2) is 0 Å². The SMILES string of the molecule is Cc1c(C(=O)N(C)C(C)c2cccc(NC(=O)c3ccccc3)c2)cnn1-c1ccccc1. The first-order chi connectivity index (χ1) is 16.0. The van der Waals surface area contributed by atoms with Gasteiger partial charge in [-0.05, 0) is 55.8 Å². The number of benzene rings is 3. The summed E-state index contributed by atoms with van der Waals surface area (Å²) < 4.78 is 1.77. The molecule has 0 bridgehead atoms. The molecule has 1 unspecified atom stereocenters. The molecule has 1 atom stereocenters. The van der Waals surface area contributed by atoms with E-state index < -0.39 is 0 Å². The van der Waals surface area contributed by atoms with E-state index in [0.717, 1.165) is 16.9 Å². The highest BCUT2D eigenvalue weighted by molar-refractivity contribution is 6.04. The second-order valence-corrected chi connectivity index (χ2v) is 7.93. The summed E-state index contributed by atoms with van der Waals surface area (Å²) in [4.78, 5) is 27.5. The molecule has 0 saturated carbocycles. The quantitative estimate of drug-likeness (QED) is 0.446. The molecule has 1 heterocycles. The van der Waals surface area contributed by atoms with Crippen molar-refractivity contribution in [3.8, 4) is 5.69 Å². The highest BCUT2D eigenvalue weighted by Gasteiger charge is 2.23. The summed E-state index contributed by atoms with van der Waals surface area (Å²) in [5.74, 6) is -0.283. The van der Waals surface area contributed by atoms with E-state index in [0.29, 0.717) is 16.8 Å². The van der Waals surface area contributed by atoms with E-state index in [4.69, 9.17) is 0 Å². The maximum Gasteiger partial charge on any atom is 0.257 e. The molecule has 0 saturated heterocycles. The minimum atomic E-state index is -0.203. The molecule has 0 spiro atoms. The van der Waals surface area contributed by atoms with Gasteiger partial charge in [-0.15, -0.1) is 0 Å². The van der Waals surface area contributed by atoms with Gasteiger partial charge in [-0.1, -0.05) is 48.5 Å². The van der Waals surface area contributed by atoms with Gasteiger partial charge >= 0.3 is 0 Å². The number of amides is 2. The van der Waals surface area contributed by atoms with Crippen LogP contribution < -0.4 is 5.32 Å². The lowest BCUT2D eigenvalue weighted by Crippen LogP contribution is -2.30. The maximum atomic E-state index is 13.3. The third-order valence-electron chi connectivity index (χ3n) is 5.81. The van der Waals surface area contributed by atoms with Crippen molar-refractivity contribution in [2.24, 2.45) is 0 Å². The zero-order valence-electron chi connectivity index (χ0n) is 18.9. The Morgan fingerprint density at radius 1 is 0.939 bits per heavy atom.